The van der Waals surface area contributed by atoms with Crippen LogP contribution in [0.2, 0.25) is 0 Å². The van der Waals surface area contributed by atoms with Crippen LogP contribution in [-0.4, -0.2) is 76.0 Å². The predicted molar refractivity (Wildman–Crippen MR) is 120 cm³/mol. The molecule has 2 aromatic carbocycles. The molecule has 1 fully saturated rings. The largest absolute Gasteiger partial charge is 0.486 e. The Labute approximate surface area is 188 Å². The minimum Gasteiger partial charge on any atom is -0.486 e. The quantitative estimate of drug-likeness (QED) is 0.696. The average molecular weight is 458 g/mol. The summed E-state index contributed by atoms with van der Waals surface area (Å²) in [7, 11) is -3.66. The van der Waals surface area contributed by atoms with E-state index in [2.05, 4.69) is 17.0 Å². The first-order chi connectivity index (χ1) is 15.5. The van der Waals surface area contributed by atoms with Gasteiger partial charge in [-0.2, -0.15) is 4.31 Å². The summed E-state index contributed by atoms with van der Waals surface area (Å²) in [6, 6.07) is 12.9. The van der Waals surface area contributed by atoms with E-state index in [1.807, 2.05) is 12.1 Å². The summed E-state index contributed by atoms with van der Waals surface area (Å²) in [6.07, 6.45) is 2.07. The molecule has 0 radical (unpaired) electrons. The van der Waals surface area contributed by atoms with Gasteiger partial charge in [-0.1, -0.05) is 18.2 Å². The van der Waals surface area contributed by atoms with Gasteiger partial charge in [0.1, 0.15) is 13.2 Å². The Morgan fingerprint density at radius 2 is 1.66 bits per heavy atom. The third kappa shape index (κ3) is 4.02. The van der Waals surface area contributed by atoms with Crippen LogP contribution in [0.15, 0.2) is 47.4 Å². The number of carbonyl (C=O) groups excluding carboxylic acids is 1. The maximum Gasteiger partial charge on any atom is 0.243 e. The van der Waals surface area contributed by atoms with Crippen LogP contribution in [0.4, 0.5) is 5.69 Å². The van der Waals surface area contributed by atoms with Gasteiger partial charge >= 0.3 is 0 Å². The third-order valence-corrected chi connectivity index (χ3v) is 8.17. The lowest BCUT2D eigenvalue weighted by molar-refractivity contribution is -0.130. The molecule has 3 heterocycles. The first kappa shape index (κ1) is 21.1. The van der Waals surface area contributed by atoms with Gasteiger partial charge in [0.2, 0.25) is 15.9 Å². The molecule has 0 bridgehead atoms. The lowest BCUT2D eigenvalue weighted by Gasteiger charge is -2.37. The number of piperazine rings is 1. The number of benzene rings is 2. The van der Waals surface area contributed by atoms with Crippen LogP contribution >= 0.6 is 0 Å². The van der Waals surface area contributed by atoms with Gasteiger partial charge in [-0.25, -0.2) is 8.42 Å². The summed E-state index contributed by atoms with van der Waals surface area (Å²) < 4.78 is 38.7. The Bertz CT molecular complexity index is 1110. The summed E-state index contributed by atoms with van der Waals surface area (Å²) in [6.45, 7) is 3.37. The molecule has 1 amide bonds. The topological polar surface area (TPSA) is 79.4 Å². The lowest BCUT2D eigenvalue weighted by atomic mass is 10.0. The number of hydrogen-bond acceptors (Lipinski definition) is 6. The van der Waals surface area contributed by atoms with E-state index in [4.69, 9.17) is 9.47 Å². The van der Waals surface area contributed by atoms with Crippen molar-refractivity contribution in [3.05, 3.63) is 48.0 Å². The van der Waals surface area contributed by atoms with Crippen molar-refractivity contribution in [2.24, 2.45) is 0 Å². The van der Waals surface area contributed by atoms with Gasteiger partial charge in [0.15, 0.2) is 11.5 Å². The Kier molecular flexibility index (Phi) is 5.69. The van der Waals surface area contributed by atoms with Gasteiger partial charge in [0, 0.05) is 44.5 Å². The van der Waals surface area contributed by atoms with E-state index in [-0.39, 0.29) is 23.9 Å². The highest BCUT2D eigenvalue weighted by Gasteiger charge is 2.32. The first-order valence-corrected chi connectivity index (χ1v) is 12.5. The Morgan fingerprint density at radius 3 is 2.47 bits per heavy atom. The summed E-state index contributed by atoms with van der Waals surface area (Å²) in [5, 5.41) is 0. The number of para-hydroxylation sites is 1. The molecule has 0 unspecified atom stereocenters. The molecule has 0 aromatic heterocycles. The number of hydrogen-bond donors (Lipinski definition) is 0. The fraction of sp³-hybridized carbons (Fsp3) is 0.435. The van der Waals surface area contributed by atoms with Crippen LogP contribution in [0.3, 0.4) is 0 Å². The number of rotatable bonds is 4. The number of fused-ring (bicyclic) bond motifs is 2. The Balaban J connectivity index is 1.22. The minimum absolute atomic E-state index is 0.0399. The molecular formula is C23H27N3O5S. The Hall–Kier alpha value is -2.78. The average Bonchev–Trinajstić information content (AvgIpc) is 2.84. The van der Waals surface area contributed by atoms with Gasteiger partial charge < -0.3 is 19.3 Å². The molecule has 1 saturated heterocycles. The second kappa shape index (κ2) is 8.63. The standard InChI is InChI=1S/C23H27N3O5S/c27-23(17-25-9-3-5-18-4-1-2-6-20(18)25)24-10-12-26(13-11-24)32(28,29)19-7-8-21-22(16-19)31-15-14-30-21/h1-2,4,6-8,16H,3,5,9-15,17H2. The summed E-state index contributed by atoms with van der Waals surface area (Å²) in [4.78, 5) is 17.0. The zero-order valence-electron chi connectivity index (χ0n) is 17.9. The molecule has 9 heteroatoms. The van der Waals surface area contributed by atoms with Crippen molar-refractivity contribution in [1.82, 2.24) is 9.21 Å². The van der Waals surface area contributed by atoms with Crippen LogP contribution in [0.25, 0.3) is 0 Å². The molecule has 170 valence electrons. The monoisotopic (exact) mass is 457 g/mol. The fourth-order valence-electron chi connectivity index (χ4n) is 4.55. The number of ether oxygens (including phenoxy) is 2. The van der Waals surface area contributed by atoms with Gasteiger partial charge in [0.25, 0.3) is 0 Å². The van der Waals surface area contributed by atoms with Gasteiger partial charge in [-0.3, -0.25) is 4.79 Å². The molecule has 0 spiro atoms. The molecule has 0 saturated carbocycles. The second-order valence-electron chi connectivity index (χ2n) is 8.24. The van der Waals surface area contributed by atoms with Crippen molar-refractivity contribution in [3.63, 3.8) is 0 Å². The summed E-state index contributed by atoms with van der Waals surface area (Å²) >= 11 is 0. The summed E-state index contributed by atoms with van der Waals surface area (Å²) in [5.74, 6) is 1.05. The van der Waals surface area contributed by atoms with Crippen LogP contribution in [0.1, 0.15) is 12.0 Å². The second-order valence-corrected chi connectivity index (χ2v) is 10.2. The fourth-order valence-corrected chi connectivity index (χ4v) is 5.99. The molecule has 8 nitrogen and oxygen atoms in total. The predicted octanol–water partition coefficient (Wildman–Crippen LogP) is 1.74. The number of carbonyl (C=O) groups is 1. The third-order valence-electron chi connectivity index (χ3n) is 6.28. The molecule has 3 aliphatic rings. The van der Waals surface area contributed by atoms with Gasteiger partial charge in [-0.05, 0) is 36.6 Å². The number of nitrogens with zero attached hydrogens (tertiary/aromatic N) is 3. The number of amides is 1. The van der Waals surface area contributed by atoms with Crippen molar-refractivity contribution >= 4 is 21.6 Å². The molecule has 0 N–H and O–H groups in total. The molecule has 0 aliphatic carbocycles. The zero-order chi connectivity index (χ0) is 22.1. The van der Waals surface area contributed by atoms with Crippen LogP contribution in [-0.2, 0) is 21.2 Å². The van der Waals surface area contributed by atoms with Crippen LogP contribution in [0, 0.1) is 0 Å². The normalized spacial score (nSPS) is 18.9. The van der Waals surface area contributed by atoms with E-state index < -0.39 is 10.0 Å². The van der Waals surface area contributed by atoms with E-state index >= 15 is 0 Å². The van der Waals surface area contributed by atoms with Crippen LogP contribution < -0.4 is 14.4 Å². The van der Waals surface area contributed by atoms with Crippen molar-refractivity contribution in [1.29, 1.82) is 0 Å². The minimum atomic E-state index is -3.66. The number of anilines is 1. The van der Waals surface area contributed by atoms with Crippen molar-refractivity contribution < 1.29 is 22.7 Å². The van der Waals surface area contributed by atoms with Gasteiger partial charge in [0.05, 0.1) is 11.4 Å². The highest BCUT2D eigenvalue weighted by atomic mass is 32.2. The molecule has 5 rings (SSSR count). The highest BCUT2D eigenvalue weighted by Crippen LogP contribution is 2.33. The van der Waals surface area contributed by atoms with E-state index in [0.717, 1.165) is 25.1 Å². The Morgan fingerprint density at radius 1 is 0.906 bits per heavy atom. The number of aryl methyl sites for hydroxylation is 1. The van der Waals surface area contributed by atoms with E-state index in [1.54, 1.807) is 17.0 Å². The van der Waals surface area contributed by atoms with E-state index in [9.17, 15) is 13.2 Å². The van der Waals surface area contributed by atoms with Crippen LogP contribution in [0.5, 0.6) is 11.5 Å². The molecule has 2 aromatic rings. The SMILES string of the molecule is O=C(CN1CCCc2ccccc21)N1CCN(S(=O)(=O)c2ccc3c(c2)OCCO3)CC1. The highest BCUT2D eigenvalue weighted by molar-refractivity contribution is 7.89. The molecule has 3 aliphatic heterocycles. The zero-order valence-corrected chi connectivity index (χ0v) is 18.7. The van der Waals surface area contributed by atoms with E-state index in [0.29, 0.717) is 44.3 Å². The smallest absolute Gasteiger partial charge is 0.243 e. The lowest BCUT2D eigenvalue weighted by Crippen LogP contribution is -2.52. The maximum atomic E-state index is 13.1. The molecule has 32 heavy (non-hydrogen) atoms. The van der Waals surface area contributed by atoms with E-state index in [1.165, 1.54) is 15.9 Å². The summed E-state index contributed by atoms with van der Waals surface area (Å²) in [5.41, 5.74) is 2.41. The van der Waals surface area contributed by atoms with Crippen molar-refractivity contribution in [2.75, 3.05) is 57.4 Å². The van der Waals surface area contributed by atoms with Gasteiger partial charge in [-0.15, -0.1) is 0 Å². The molecule has 0 atom stereocenters. The van der Waals surface area contributed by atoms with Crippen molar-refractivity contribution in [2.45, 2.75) is 17.7 Å². The first-order valence-electron chi connectivity index (χ1n) is 11.0. The number of sulfonamides is 1. The molecular weight excluding hydrogens is 430 g/mol. The maximum absolute atomic E-state index is 13.1. The van der Waals surface area contributed by atoms with Crippen molar-refractivity contribution in [3.8, 4) is 11.5 Å².